The van der Waals surface area contributed by atoms with Crippen LogP contribution in [-0.4, -0.2) is 43.4 Å². The molecule has 0 spiro atoms. The maximum absolute atomic E-state index is 12.9. The number of amides is 1. The number of Topliss-reactive ketones (excluding diaryl/α,β-unsaturated/α-hetero) is 1. The van der Waals surface area contributed by atoms with Gasteiger partial charge in [0.05, 0.1) is 5.75 Å². The quantitative estimate of drug-likeness (QED) is 0.292. The van der Waals surface area contributed by atoms with Crippen LogP contribution < -0.4 is 4.90 Å². The highest BCUT2D eigenvalue weighted by molar-refractivity contribution is 8.01. The smallest absolute Gasteiger partial charge is 0.228 e. The van der Waals surface area contributed by atoms with E-state index in [0.29, 0.717) is 27.3 Å². The standard InChI is InChI=1S/C20H23N5O3S2/c1-5-18(27)25(14-6-7-14)19-21-22-20(30-19)29-10-16(26)15-8-11(2)24(13(15)4)17-9-12(3)28-23-17/h8-9,14H,5-7,10H2,1-4H3. The van der Waals surface area contributed by atoms with Gasteiger partial charge in [0.2, 0.25) is 11.0 Å². The van der Waals surface area contributed by atoms with Gasteiger partial charge in [-0.25, -0.2) is 0 Å². The van der Waals surface area contributed by atoms with Crippen LogP contribution >= 0.6 is 23.1 Å². The van der Waals surface area contributed by atoms with Crippen LogP contribution in [0.4, 0.5) is 5.13 Å². The Labute approximate surface area is 182 Å². The predicted octanol–water partition coefficient (Wildman–Crippen LogP) is 4.12. The number of ketones is 1. The van der Waals surface area contributed by atoms with Crippen LogP contribution in [0.5, 0.6) is 0 Å². The van der Waals surface area contributed by atoms with Gasteiger partial charge in [0.1, 0.15) is 5.76 Å². The van der Waals surface area contributed by atoms with Gasteiger partial charge in [0.15, 0.2) is 15.9 Å². The van der Waals surface area contributed by atoms with Crippen molar-refractivity contribution in [1.82, 2.24) is 19.9 Å². The Balaban J connectivity index is 1.46. The highest BCUT2D eigenvalue weighted by atomic mass is 32.2. The lowest BCUT2D eigenvalue weighted by molar-refractivity contribution is -0.118. The Morgan fingerprint density at radius 2 is 2.03 bits per heavy atom. The summed E-state index contributed by atoms with van der Waals surface area (Å²) in [5.41, 5.74) is 2.41. The second kappa shape index (κ2) is 8.35. The highest BCUT2D eigenvalue weighted by Crippen LogP contribution is 2.36. The average Bonchev–Trinajstić information content (AvgIpc) is 3.14. The Hall–Kier alpha value is -2.46. The molecular weight excluding hydrogens is 422 g/mol. The second-order valence-electron chi connectivity index (χ2n) is 7.33. The molecule has 0 bridgehead atoms. The van der Waals surface area contributed by atoms with Crippen LogP contribution in [0.3, 0.4) is 0 Å². The van der Waals surface area contributed by atoms with Crippen molar-refractivity contribution in [3.63, 3.8) is 0 Å². The summed E-state index contributed by atoms with van der Waals surface area (Å²) in [5.74, 6) is 1.72. The largest absolute Gasteiger partial charge is 0.360 e. The minimum Gasteiger partial charge on any atom is -0.360 e. The molecule has 8 nitrogen and oxygen atoms in total. The zero-order valence-corrected chi connectivity index (χ0v) is 19.0. The van der Waals surface area contributed by atoms with Crippen LogP contribution in [-0.2, 0) is 4.79 Å². The van der Waals surface area contributed by atoms with Crippen molar-refractivity contribution in [3.05, 3.63) is 34.8 Å². The summed E-state index contributed by atoms with van der Waals surface area (Å²) in [6.07, 6.45) is 2.46. The summed E-state index contributed by atoms with van der Waals surface area (Å²) in [6, 6.07) is 3.97. The van der Waals surface area contributed by atoms with Gasteiger partial charge in [-0.15, -0.1) is 10.2 Å². The molecule has 1 aliphatic rings. The monoisotopic (exact) mass is 445 g/mol. The number of anilines is 1. The van der Waals surface area contributed by atoms with E-state index in [4.69, 9.17) is 4.52 Å². The number of hydrogen-bond acceptors (Lipinski definition) is 8. The van der Waals surface area contributed by atoms with E-state index in [2.05, 4.69) is 15.4 Å². The van der Waals surface area contributed by atoms with Crippen molar-refractivity contribution >= 4 is 39.9 Å². The van der Waals surface area contributed by atoms with E-state index in [9.17, 15) is 9.59 Å². The van der Waals surface area contributed by atoms with E-state index in [1.807, 2.05) is 44.4 Å². The number of aryl methyl sites for hydroxylation is 2. The topological polar surface area (TPSA) is 94.1 Å². The maximum Gasteiger partial charge on any atom is 0.228 e. The fraction of sp³-hybridized carbons (Fsp3) is 0.450. The third-order valence-electron chi connectivity index (χ3n) is 4.99. The Morgan fingerprint density at radius 1 is 1.27 bits per heavy atom. The van der Waals surface area contributed by atoms with Crippen molar-refractivity contribution < 1.29 is 14.1 Å². The molecule has 10 heteroatoms. The van der Waals surface area contributed by atoms with Crippen LogP contribution in [0.1, 0.15) is 53.7 Å². The summed E-state index contributed by atoms with van der Waals surface area (Å²) in [5, 5.41) is 13.1. The first-order valence-electron chi connectivity index (χ1n) is 9.83. The molecule has 0 unspecified atom stereocenters. The van der Waals surface area contributed by atoms with E-state index in [-0.39, 0.29) is 23.5 Å². The predicted molar refractivity (Wildman–Crippen MR) is 116 cm³/mol. The van der Waals surface area contributed by atoms with E-state index >= 15 is 0 Å². The van der Waals surface area contributed by atoms with Gasteiger partial charge in [-0.1, -0.05) is 35.2 Å². The maximum atomic E-state index is 12.9. The van der Waals surface area contributed by atoms with Gasteiger partial charge in [-0.2, -0.15) is 0 Å². The summed E-state index contributed by atoms with van der Waals surface area (Å²) < 4.78 is 7.78. The van der Waals surface area contributed by atoms with Crippen molar-refractivity contribution in [2.75, 3.05) is 10.7 Å². The molecule has 0 atom stereocenters. The molecule has 1 amide bonds. The first-order valence-corrected chi connectivity index (χ1v) is 11.6. The number of aromatic nitrogens is 4. The lowest BCUT2D eigenvalue weighted by Gasteiger charge is -2.17. The first-order chi connectivity index (χ1) is 14.4. The molecule has 0 aromatic carbocycles. The van der Waals surface area contributed by atoms with Gasteiger partial charge in [0.25, 0.3) is 0 Å². The van der Waals surface area contributed by atoms with E-state index in [1.54, 1.807) is 4.90 Å². The first kappa shape index (κ1) is 20.8. The Kier molecular flexibility index (Phi) is 5.79. The van der Waals surface area contributed by atoms with Crippen LogP contribution in [0, 0.1) is 20.8 Å². The van der Waals surface area contributed by atoms with Gasteiger partial charge in [0, 0.05) is 35.5 Å². The zero-order valence-electron chi connectivity index (χ0n) is 17.3. The summed E-state index contributed by atoms with van der Waals surface area (Å²) >= 11 is 2.72. The SMILES string of the molecule is CCC(=O)N(c1nnc(SCC(=O)c2cc(C)n(-c3cc(C)on3)c2C)s1)C1CC1. The highest BCUT2D eigenvalue weighted by Gasteiger charge is 2.35. The molecule has 1 fully saturated rings. The van der Waals surface area contributed by atoms with E-state index < -0.39 is 0 Å². The number of rotatable bonds is 8. The van der Waals surface area contributed by atoms with Crippen molar-refractivity contribution in [3.8, 4) is 5.82 Å². The normalized spacial score (nSPS) is 13.6. The van der Waals surface area contributed by atoms with Crippen LogP contribution in [0.2, 0.25) is 0 Å². The Bertz CT molecular complexity index is 1100. The van der Waals surface area contributed by atoms with Crippen molar-refractivity contribution in [1.29, 1.82) is 0 Å². The lowest BCUT2D eigenvalue weighted by Crippen LogP contribution is -2.32. The van der Waals surface area contributed by atoms with E-state index in [1.165, 1.54) is 23.1 Å². The molecule has 1 saturated carbocycles. The van der Waals surface area contributed by atoms with Crippen LogP contribution in [0.15, 0.2) is 21.0 Å². The molecule has 1 aliphatic carbocycles. The fourth-order valence-corrected chi connectivity index (χ4v) is 5.20. The molecule has 4 rings (SSSR count). The zero-order chi connectivity index (χ0) is 21.4. The minimum absolute atomic E-state index is 0.0139. The molecule has 3 aromatic rings. The van der Waals surface area contributed by atoms with E-state index in [0.717, 1.165) is 30.0 Å². The molecule has 0 aliphatic heterocycles. The van der Waals surface area contributed by atoms with Crippen molar-refractivity contribution in [2.24, 2.45) is 0 Å². The van der Waals surface area contributed by atoms with Crippen molar-refractivity contribution in [2.45, 2.75) is 57.3 Å². The number of hydrogen-bond donors (Lipinski definition) is 0. The molecule has 3 aromatic heterocycles. The number of thioether (sulfide) groups is 1. The minimum atomic E-state index is 0.0139. The summed E-state index contributed by atoms with van der Waals surface area (Å²) in [7, 11) is 0. The summed E-state index contributed by atoms with van der Waals surface area (Å²) in [4.78, 5) is 26.9. The van der Waals surface area contributed by atoms with Gasteiger partial charge in [-0.3, -0.25) is 19.1 Å². The van der Waals surface area contributed by atoms with Gasteiger partial charge < -0.3 is 4.52 Å². The fourth-order valence-electron chi connectivity index (χ4n) is 3.39. The third-order valence-corrected chi connectivity index (χ3v) is 7.04. The molecule has 0 radical (unpaired) electrons. The number of carbonyl (C=O) groups is 2. The third kappa shape index (κ3) is 4.06. The second-order valence-corrected chi connectivity index (χ2v) is 9.51. The average molecular weight is 446 g/mol. The molecule has 3 heterocycles. The lowest BCUT2D eigenvalue weighted by atomic mass is 10.2. The summed E-state index contributed by atoms with van der Waals surface area (Å²) in [6.45, 7) is 7.53. The molecule has 0 N–H and O–H groups in total. The Morgan fingerprint density at radius 3 is 2.67 bits per heavy atom. The van der Waals surface area contributed by atoms with Crippen LogP contribution in [0.25, 0.3) is 5.82 Å². The molecule has 158 valence electrons. The van der Waals surface area contributed by atoms with Gasteiger partial charge >= 0.3 is 0 Å². The molecule has 0 saturated heterocycles. The van der Waals surface area contributed by atoms with Gasteiger partial charge in [-0.05, 0) is 39.7 Å². The molecular formula is C20H23N5O3S2. The number of carbonyl (C=O) groups excluding carboxylic acids is 2. The molecule has 30 heavy (non-hydrogen) atoms. The number of nitrogens with zero attached hydrogens (tertiary/aromatic N) is 5.